The minimum atomic E-state index is -0.370. The zero-order chi connectivity index (χ0) is 16.9. The number of hydrogen-bond donors (Lipinski definition) is 2. The van der Waals surface area contributed by atoms with Crippen molar-refractivity contribution in [3.05, 3.63) is 22.9 Å². The molecule has 6 heteroatoms. The van der Waals surface area contributed by atoms with Gasteiger partial charge in [-0.3, -0.25) is 9.59 Å². The summed E-state index contributed by atoms with van der Waals surface area (Å²) >= 11 is 0. The lowest BCUT2D eigenvalue weighted by Crippen LogP contribution is -2.41. The Bertz CT molecular complexity index is 462. The van der Waals surface area contributed by atoms with Crippen LogP contribution in [0.25, 0.3) is 0 Å². The molecule has 124 valence electrons. The predicted octanol–water partition coefficient (Wildman–Crippen LogP) is 1.63. The normalized spacial score (nSPS) is 18.3. The predicted molar refractivity (Wildman–Crippen MR) is 83.9 cm³/mol. The summed E-state index contributed by atoms with van der Waals surface area (Å²) in [6, 6.07) is 0.0816. The van der Waals surface area contributed by atoms with Gasteiger partial charge in [-0.25, -0.2) is 0 Å². The Morgan fingerprint density at radius 1 is 0.818 bits per heavy atom. The second-order valence-corrected chi connectivity index (χ2v) is 5.38. The van der Waals surface area contributed by atoms with Gasteiger partial charge in [-0.05, 0) is 26.7 Å². The van der Waals surface area contributed by atoms with E-state index in [-0.39, 0.29) is 46.6 Å². The number of nitrogens with one attached hydrogen (secondary N) is 2. The van der Waals surface area contributed by atoms with Crippen molar-refractivity contribution in [2.75, 3.05) is 14.2 Å². The van der Waals surface area contributed by atoms with Gasteiger partial charge >= 0.3 is 0 Å². The van der Waals surface area contributed by atoms with Crippen LogP contribution >= 0.6 is 0 Å². The molecule has 0 aromatic carbocycles. The van der Waals surface area contributed by atoms with E-state index in [0.29, 0.717) is 0 Å². The van der Waals surface area contributed by atoms with Crippen LogP contribution in [0.15, 0.2) is 22.9 Å². The van der Waals surface area contributed by atoms with Crippen LogP contribution in [0.5, 0.6) is 0 Å². The molecule has 0 unspecified atom stereocenters. The Balaban J connectivity index is 3.26. The summed E-state index contributed by atoms with van der Waals surface area (Å²) in [4.78, 5) is 25.3. The topological polar surface area (TPSA) is 76.7 Å². The lowest BCUT2D eigenvalue weighted by Gasteiger charge is -2.26. The van der Waals surface area contributed by atoms with Crippen molar-refractivity contribution < 1.29 is 19.1 Å². The van der Waals surface area contributed by atoms with Crippen molar-refractivity contribution in [3.63, 3.8) is 0 Å². The van der Waals surface area contributed by atoms with Gasteiger partial charge in [0.25, 0.3) is 0 Å². The molecule has 0 aliphatic heterocycles. The molecule has 6 nitrogen and oxygen atoms in total. The van der Waals surface area contributed by atoms with Crippen LogP contribution in [-0.2, 0) is 19.1 Å². The van der Waals surface area contributed by atoms with Gasteiger partial charge in [0, 0.05) is 12.1 Å². The van der Waals surface area contributed by atoms with Crippen molar-refractivity contribution in [1.82, 2.24) is 10.6 Å². The van der Waals surface area contributed by atoms with E-state index in [9.17, 15) is 9.59 Å². The van der Waals surface area contributed by atoms with E-state index in [1.54, 1.807) is 0 Å². The average Bonchev–Trinajstić information content (AvgIpc) is 2.52. The maximum atomic E-state index is 12.6. The molecule has 2 atom stereocenters. The maximum absolute atomic E-state index is 12.6. The highest BCUT2D eigenvalue weighted by Gasteiger charge is 2.37. The minimum absolute atomic E-state index is 0.0249. The highest BCUT2D eigenvalue weighted by Crippen LogP contribution is 2.24. The summed E-state index contributed by atoms with van der Waals surface area (Å²) in [5.74, 6) is -0.691. The molecule has 0 heterocycles. The molecule has 0 amide bonds. The Kier molecular flexibility index (Phi) is 6.46. The van der Waals surface area contributed by atoms with E-state index in [4.69, 9.17) is 9.47 Å². The highest BCUT2D eigenvalue weighted by molar-refractivity contribution is 6.23. The zero-order valence-corrected chi connectivity index (χ0v) is 14.2. The monoisotopic (exact) mass is 310 g/mol. The summed E-state index contributed by atoms with van der Waals surface area (Å²) in [6.45, 7) is 7.84. The number of Topliss-reactive ketones (excluding diaryl/α,β-unsaturated/α-hetero) is 2. The quantitative estimate of drug-likeness (QED) is 0.664. The lowest BCUT2D eigenvalue weighted by atomic mass is 10.00. The third kappa shape index (κ3) is 3.61. The van der Waals surface area contributed by atoms with Crippen molar-refractivity contribution in [2.24, 2.45) is 0 Å². The first-order valence-corrected chi connectivity index (χ1v) is 7.60. The standard InChI is InChI=1S/C16H26N2O4/c1-7-9(3)17-11-13(19)16(22-6)12(18-10(4)8-2)14(20)15(11)21-5/h9-10,17-18H,7-8H2,1-6H3/t9-,10+. The van der Waals surface area contributed by atoms with Gasteiger partial charge in [0.1, 0.15) is 11.4 Å². The first-order valence-electron chi connectivity index (χ1n) is 7.60. The fourth-order valence-electron chi connectivity index (χ4n) is 2.01. The van der Waals surface area contributed by atoms with Crippen LogP contribution < -0.4 is 10.6 Å². The number of ether oxygens (including phenoxy) is 2. The number of methoxy groups -OCH3 is 2. The van der Waals surface area contributed by atoms with Gasteiger partial charge in [0.05, 0.1) is 14.2 Å². The van der Waals surface area contributed by atoms with E-state index in [0.717, 1.165) is 12.8 Å². The van der Waals surface area contributed by atoms with Gasteiger partial charge < -0.3 is 20.1 Å². The molecular formula is C16H26N2O4. The number of carbonyl (C=O) groups is 2. The Morgan fingerprint density at radius 3 is 1.36 bits per heavy atom. The molecule has 0 spiro atoms. The van der Waals surface area contributed by atoms with Crippen LogP contribution in [0.2, 0.25) is 0 Å². The minimum Gasteiger partial charge on any atom is -0.491 e. The Hall–Kier alpha value is -1.98. The van der Waals surface area contributed by atoms with Gasteiger partial charge in [-0.1, -0.05) is 13.8 Å². The molecule has 0 bridgehead atoms. The lowest BCUT2D eigenvalue weighted by molar-refractivity contribution is -0.121. The van der Waals surface area contributed by atoms with Gasteiger partial charge in [0.2, 0.25) is 11.6 Å². The maximum Gasteiger partial charge on any atom is 0.249 e. The smallest absolute Gasteiger partial charge is 0.249 e. The van der Waals surface area contributed by atoms with Crippen LogP contribution in [0, 0.1) is 0 Å². The fraction of sp³-hybridized carbons (Fsp3) is 0.625. The average molecular weight is 310 g/mol. The van der Waals surface area contributed by atoms with Gasteiger partial charge in [-0.2, -0.15) is 0 Å². The largest absolute Gasteiger partial charge is 0.491 e. The van der Waals surface area contributed by atoms with Crippen LogP contribution in [0.1, 0.15) is 40.5 Å². The SMILES string of the molecule is CC[C@@H](C)NC1=C(OC)C(=O)C(N[C@@H](C)CC)=C(OC)C1=O. The third-order valence-electron chi connectivity index (χ3n) is 3.74. The summed E-state index contributed by atoms with van der Waals surface area (Å²) in [6.07, 6.45) is 1.62. The molecule has 1 aliphatic rings. The van der Waals surface area contributed by atoms with Gasteiger partial charge in [0.15, 0.2) is 11.5 Å². The molecule has 0 fully saturated rings. The molecule has 0 aromatic rings. The molecule has 22 heavy (non-hydrogen) atoms. The second-order valence-electron chi connectivity index (χ2n) is 5.38. The number of rotatable bonds is 8. The molecule has 1 rings (SSSR count). The third-order valence-corrected chi connectivity index (χ3v) is 3.74. The molecule has 0 radical (unpaired) electrons. The number of ketones is 2. The van der Waals surface area contributed by atoms with Crippen LogP contribution in [0.4, 0.5) is 0 Å². The summed E-state index contributed by atoms with van der Waals surface area (Å²) in [5, 5.41) is 6.09. The molecule has 0 aromatic heterocycles. The van der Waals surface area contributed by atoms with Crippen molar-refractivity contribution in [1.29, 1.82) is 0 Å². The number of carbonyl (C=O) groups excluding carboxylic acids is 2. The number of hydrogen-bond acceptors (Lipinski definition) is 6. The molecule has 0 saturated heterocycles. The Labute approximate surface area is 131 Å². The Morgan fingerprint density at radius 2 is 1.14 bits per heavy atom. The van der Waals surface area contributed by atoms with E-state index in [1.807, 2.05) is 27.7 Å². The van der Waals surface area contributed by atoms with E-state index >= 15 is 0 Å². The van der Waals surface area contributed by atoms with Crippen LogP contribution in [0.3, 0.4) is 0 Å². The van der Waals surface area contributed by atoms with E-state index in [1.165, 1.54) is 14.2 Å². The van der Waals surface area contributed by atoms with Crippen molar-refractivity contribution in [2.45, 2.75) is 52.6 Å². The summed E-state index contributed by atoms with van der Waals surface area (Å²) in [7, 11) is 2.77. The fourth-order valence-corrected chi connectivity index (χ4v) is 2.01. The summed E-state index contributed by atoms with van der Waals surface area (Å²) < 4.78 is 10.4. The summed E-state index contributed by atoms with van der Waals surface area (Å²) in [5.41, 5.74) is 0.321. The van der Waals surface area contributed by atoms with Crippen molar-refractivity contribution >= 4 is 11.6 Å². The molecular weight excluding hydrogens is 284 g/mol. The zero-order valence-electron chi connectivity index (χ0n) is 14.2. The van der Waals surface area contributed by atoms with Crippen molar-refractivity contribution in [3.8, 4) is 0 Å². The molecule has 0 saturated carbocycles. The van der Waals surface area contributed by atoms with E-state index in [2.05, 4.69) is 10.6 Å². The first kappa shape index (κ1) is 18.1. The molecule has 1 aliphatic carbocycles. The van der Waals surface area contributed by atoms with Crippen LogP contribution in [-0.4, -0.2) is 37.9 Å². The first-order chi connectivity index (χ1) is 10.4. The highest BCUT2D eigenvalue weighted by atomic mass is 16.5. The molecule has 2 N–H and O–H groups in total. The second kappa shape index (κ2) is 7.87. The van der Waals surface area contributed by atoms with E-state index < -0.39 is 0 Å². The van der Waals surface area contributed by atoms with Gasteiger partial charge in [-0.15, -0.1) is 0 Å².